The summed E-state index contributed by atoms with van der Waals surface area (Å²) in [5.74, 6) is -0.526. The molecule has 2 aromatic heterocycles. The summed E-state index contributed by atoms with van der Waals surface area (Å²) in [5.41, 5.74) is 1.52. The largest absolute Gasteiger partial charge is 0.495 e. The van der Waals surface area contributed by atoms with Gasteiger partial charge in [0, 0.05) is 12.4 Å². The lowest BCUT2D eigenvalue weighted by atomic mass is 10.2. The number of methoxy groups -OCH3 is 2. The summed E-state index contributed by atoms with van der Waals surface area (Å²) in [6, 6.07) is 6.33. The number of hydrogen-bond acceptors (Lipinski definition) is 6. The second-order valence-electron chi connectivity index (χ2n) is 4.81. The SMILES string of the molecule is COC(=O)c1ccc(NC(=O)c2cnn3cccnc23)c(OC)c1. The Morgan fingerprint density at radius 1 is 1.25 bits per heavy atom. The van der Waals surface area contributed by atoms with Crippen LogP contribution in [0.3, 0.4) is 0 Å². The molecular weight excluding hydrogens is 312 g/mol. The molecule has 0 atom stereocenters. The third-order valence-corrected chi connectivity index (χ3v) is 3.39. The summed E-state index contributed by atoms with van der Waals surface area (Å²) in [6.45, 7) is 0. The van der Waals surface area contributed by atoms with Crippen molar-refractivity contribution < 1.29 is 19.1 Å². The fraction of sp³-hybridized carbons (Fsp3) is 0.125. The van der Waals surface area contributed by atoms with Gasteiger partial charge in [0.15, 0.2) is 5.65 Å². The molecule has 3 aromatic rings. The Kier molecular flexibility index (Phi) is 4.11. The van der Waals surface area contributed by atoms with E-state index in [-0.39, 0.29) is 5.91 Å². The van der Waals surface area contributed by atoms with E-state index in [1.54, 1.807) is 24.5 Å². The van der Waals surface area contributed by atoms with Crippen LogP contribution in [0.4, 0.5) is 5.69 Å². The molecule has 0 spiro atoms. The first kappa shape index (κ1) is 15.5. The summed E-state index contributed by atoms with van der Waals surface area (Å²) in [6.07, 6.45) is 4.72. The van der Waals surface area contributed by atoms with Crippen molar-refractivity contribution in [3.05, 3.63) is 54.0 Å². The fourth-order valence-electron chi connectivity index (χ4n) is 2.22. The third-order valence-electron chi connectivity index (χ3n) is 3.39. The standard InChI is InChI=1S/C16H14N4O4/c1-23-13-8-10(16(22)24-2)4-5-12(13)19-15(21)11-9-18-20-7-3-6-17-14(11)20/h3-9H,1-2H3,(H,19,21). The molecule has 122 valence electrons. The van der Waals surface area contributed by atoms with Crippen LogP contribution in [0.5, 0.6) is 5.75 Å². The van der Waals surface area contributed by atoms with Crippen LogP contribution >= 0.6 is 0 Å². The number of aromatic nitrogens is 3. The highest BCUT2D eigenvalue weighted by Gasteiger charge is 2.17. The van der Waals surface area contributed by atoms with Gasteiger partial charge < -0.3 is 14.8 Å². The lowest BCUT2D eigenvalue weighted by Crippen LogP contribution is -2.13. The zero-order valence-electron chi connectivity index (χ0n) is 13.0. The molecule has 0 radical (unpaired) electrons. The van der Waals surface area contributed by atoms with E-state index in [9.17, 15) is 9.59 Å². The summed E-state index contributed by atoms with van der Waals surface area (Å²) in [7, 11) is 2.74. The number of rotatable bonds is 4. The summed E-state index contributed by atoms with van der Waals surface area (Å²) in [5, 5.41) is 6.80. The minimum atomic E-state index is -0.488. The molecule has 0 unspecified atom stereocenters. The number of ether oxygens (including phenoxy) is 2. The molecule has 0 saturated heterocycles. The molecule has 1 amide bonds. The van der Waals surface area contributed by atoms with E-state index in [1.165, 1.54) is 37.1 Å². The van der Waals surface area contributed by atoms with Crippen LogP contribution in [0.25, 0.3) is 5.65 Å². The van der Waals surface area contributed by atoms with Crippen molar-refractivity contribution in [2.75, 3.05) is 19.5 Å². The van der Waals surface area contributed by atoms with Crippen molar-refractivity contribution in [1.82, 2.24) is 14.6 Å². The number of esters is 1. The number of amides is 1. The molecule has 2 heterocycles. The van der Waals surface area contributed by atoms with Gasteiger partial charge in [-0.05, 0) is 24.3 Å². The van der Waals surface area contributed by atoms with Gasteiger partial charge in [-0.2, -0.15) is 5.10 Å². The zero-order valence-corrected chi connectivity index (χ0v) is 13.0. The monoisotopic (exact) mass is 326 g/mol. The molecular formula is C16H14N4O4. The molecule has 0 aliphatic heterocycles. The maximum Gasteiger partial charge on any atom is 0.337 e. The minimum Gasteiger partial charge on any atom is -0.495 e. The predicted octanol–water partition coefficient (Wildman–Crippen LogP) is 1.78. The van der Waals surface area contributed by atoms with Crippen LogP contribution in [0, 0.1) is 0 Å². The van der Waals surface area contributed by atoms with Crippen molar-refractivity contribution in [3.8, 4) is 5.75 Å². The van der Waals surface area contributed by atoms with E-state index in [0.717, 1.165) is 0 Å². The third kappa shape index (κ3) is 2.76. The van der Waals surface area contributed by atoms with Crippen molar-refractivity contribution >= 4 is 23.2 Å². The Hall–Kier alpha value is -3.42. The zero-order chi connectivity index (χ0) is 17.1. The quantitative estimate of drug-likeness (QED) is 0.734. The lowest BCUT2D eigenvalue weighted by molar-refractivity contribution is 0.0600. The Morgan fingerprint density at radius 3 is 2.83 bits per heavy atom. The highest BCUT2D eigenvalue weighted by molar-refractivity contribution is 6.09. The molecule has 0 bridgehead atoms. The van der Waals surface area contributed by atoms with Crippen LogP contribution in [-0.2, 0) is 4.74 Å². The molecule has 3 rings (SSSR count). The molecule has 0 aliphatic carbocycles. The highest BCUT2D eigenvalue weighted by Crippen LogP contribution is 2.26. The smallest absolute Gasteiger partial charge is 0.337 e. The Labute approximate surface area is 137 Å². The lowest BCUT2D eigenvalue weighted by Gasteiger charge is -2.11. The van der Waals surface area contributed by atoms with Crippen molar-refractivity contribution in [2.45, 2.75) is 0 Å². The van der Waals surface area contributed by atoms with E-state index >= 15 is 0 Å². The first-order chi connectivity index (χ1) is 11.6. The maximum absolute atomic E-state index is 12.5. The summed E-state index contributed by atoms with van der Waals surface area (Å²) >= 11 is 0. The van der Waals surface area contributed by atoms with Gasteiger partial charge in [0.1, 0.15) is 11.3 Å². The molecule has 1 N–H and O–H groups in total. The van der Waals surface area contributed by atoms with Crippen LogP contribution in [0.2, 0.25) is 0 Å². The predicted molar refractivity (Wildman–Crippen MR) is 85.3 cm³/mol. The summed E-state index contributed by atoms with van der Waals surface area (Å²) < 4.78 is 11.4. The van der Waals surface area contributed by atoms with Crippen LogP contribution in [0.15, 0.2) is 42.9 Å². The number of benzene rings is 1. The molecule has 0 saturated carbocycles. The van der Waals surface area contributed by atoms with Gasteiger partial charge >= 0.3 is 5.97 Å². The minimum absolute atomic E-state index is 0.324. The number of carbonyl (C=O) groups is 2. The Morgan fingerprint density at radius 2 is 2.08 bits per heavy atom. The van der Waals surface area contributed by atoms with E-state index in [1.807, 2.05) is 0 Å². The highest BCUT2D eigenvalue weighted by atomic mass is 16.5. The van der Waals surface area contributed by atoms with Gasteiger partial charge in [-0.25, -0.2) is 14.3 Å². The van der Waals surface area contributed by atoms with E-state index in [4.69, 9.17) is 4.74 Å². The Bertz CT molecular complexity index is 919. The Balaban J connectivity index is 1.90. The van der Waals surface area contributed by atoms with E-state index in [0.29, 0.717) is 28.2 Å². The first-order valence-corrected chi connectivity index (χ1v) is 7.00. The number of nitrogens with one attached hydrogen (secondary N) is 1. The maximum atomic E-state index is 12.5. The van der Waals surface area contributed by atoms with Gasteiger partial charge in [-0.15, -0.1) is 0 Å². The average Bonchev–Trinajstić information content (AvgIpc) is 3.05. The van der Waals surface area contributed by atoms with Crippen LogP contribution in [0.1, 0.15) is 20.7 Å². The van der Waals surface area contributed by atoms with E-state index < -0.39 is 5.97 Å². The van der Waals surface area contributed by atoms with E-state index in [2.05, 4.69) is 20.1 Å². The topological polar surface area (TPSA) is 94.8 Å². The summed E-state index contributed by atoms with van der Waals surface area (Å²) in [4.78, 5) is 28.2. The average molecular weight is 326 g/mol. The molecule has 0 aliphatic rings. The van der Waals surface area contributed by atoms with Crippen molar-refractivity contribution in [3.63, 3.8) is 0 Å². The number of anilines is 1. The molecule has 0 fully saturated rings. The second kappa shape index (κ2) is 6.37. The van der Waals surface area contributed by atoms with Gasteiger partial charge in [-0.3, -0.25) is 4.79 Å². The molecule has 24 heavy (non-hydrogen) atoms. The van der Waals surface area contributed by atoms with Gasteiger partial charge in [0.05, 0.1) is 31.7 Å². The normalized spacial score (nSPS) is 10.4. The number of carbonyl (C=O) groups excluding carboxylic acids is 2. The first-order valence-electron chi connectivity index (χ1n) is 7.00. The van der Waals surface area contributed by atoms with Crippen LogP contribution < -0.4 is 10.1 Å². The number of fused-ring (bicyclic) bond motifs is 1. The van der Waals surface area contributed by atoms with Crippen molar-refractivity contribution in [2.24, 2.45) is 0 Å². The molecule has 8 nitrogen and oxygen atoms in total. The van der Waals surface area contributed by atoms with Gasteiger partial charge in [0.2, 0.25) is 0 Å². The number of hydrogen-bond donors (Lipinski definition) is 1. The number of nitrogens with zero attached hydrogens (tertiary/aromatic N) is 3. The fourth-order valence-corrected chi connectivity index (χ4v) is 2.22. The van der Waals surface area contributed by atoms with Gasteiger partial charge in [-0.1, -0.05) is 0 Å². The molecule has 1 aromatic carbocycles. The van der Waals surface area contributed by atoms with Crippen molar-refractivity contribution in [1.29, 1.82) is 0 Å². The van der Waals surface area contributed by atoms with Crippen LogP contribution in [-0.4, -0.2) is 40.7 Å². The second-order valence-corrected chi connectivity index (χ2v) is 4.81. The van der Waals surface area contributed by atoms with Gasteiger partial charge in [0.25, 0.3) is 5.91 Å². The molecule has 8 heteroatoms.